The molecule has 0 fully saturated rings. The Bertz CT molecular complexity index is 703. The minimum atomic E-state index is 0.281. The summed E-state index contributed by atoms with van der Waals surface area (Å²) in [6.45, 7) is 4.13. The third kappa shape index (κ3) is 1.67. The molecule has 0 aromatic carbocycles. The molecule has 0 aliphatic heterocycles. The smallest absolute Gasteiger partial charge is 0.198 e. The van der Waals surface area contributed by atoms with Crippen LogP contribution in [-0.4, -0.2) is 29.2 Å². The largest absolute Gasteiger partial charge is 0.277 e. The van der Waals surface area contributed by atoms with Crippen molar-refractivity contribution in [2.45, 2.75) is 19.8 Å². The summed E-state index contributed by atoms with van der Waals surface area (Å²) in [7, 11) is 0. The monoisotopic (exact) mass is 280 g/mol. The number of aromatic nitrogens is 6. The molecule has 0 aliphatic carbocycles. The quantitative estimate of drug-likeness (QED) is 0.721. The van der Waals surface area contributed by atoms with Crippen LogP contribution in [0.1, 0.15) is 25.5 Å². The van der Waals surface area contributed by atoms with E-state index < -0.39 is 0 Å². The van der Waals surface area contributed by atoms with Crippen LogP contribution < -0.4 is 0 Å². The first-order valence-corrected chi connectivity index (χ1v) is 6.51. The summed E-state index contributed by atoms with van der Waals surface area (Å²) in [4.78, 5) is 4.89. The van der Waals surface area contributed by atoms with Crippen molar-refractivity contribution in [2.75, 3.05) is 0 Å². The second-order valence-corrected chi connectivity index (χ2v) is 5.19. The minimum absolute atomic E-state index is 0.281. The van der Waals surface area contributed by atoms with Gasteiger partial charge in [-0.05, 0) is 17.5 Å². The van der Waals surface area contributed by atoms with Gasteiger partial charge in [-0.15, -0.1) is 15.3 Å². The Labute approximate surface area is 112 Å². The number of nitrogens with zero attached hydrogens (tertiary/aromatic N) is 6. The molecule has 6 nitrogen and oxygen atoms in total. The van der Waals surface area contributed by atoms with Gasteiger partial charge in [0.05, 0.1) is 5.69 Å². The van der Waals surface area contributed by atoms with Gasteiger partial charge in [0.25, 0.3) is 0 Å². The lowest BCUT2D eigenvalue weighted by molar-refractivity contribution is 0.812. The van der Waals surface area contributed by atoms with Crippen molar-refractivity contribution >= 4 is 28.8 Å². The molecule has 0 aliphatic rings. The molecule has 0 N–H and O–H groups in total. The maximum absolute atomic E-state index is 5.97. The van der Waals surface area contributed by atoms with E-state index in [1.165, 1.54) is 11.5 Å². The number of hydrogen-bond acceptors (Lipinski definition) is 6. The minimum Gasteiger partial charge on any atom is -0.277 e. The van der Waals surface area contributed by atoms with E-state index in [-0.39, 0.29) is 5.92 Å². The van der Waals surface area contributed by atoms with Crippen LogP contribution in [0.4, 0.5) is 0 Å². The summed E-state index contributed by atoms with van der Waals surface area (Å²) >= 11 is 7.28. The third-order valence-electron chi connectivity index (χ3n) is 2.55. The van der Waals surface area contributed by atoms with Gasteiger partial charge in [-0.25, -0.2) is 4.98 Å². The van der Waals surface area contributed by atoms with E-state index in [4.69, 9.17) is 11.6 Å². The molecular weight excluding hydrogens is 272 g/mol. The molecule has 0 amide bonds. The van der Waals surface area contributed by atoms with E-state index in [0.29, 0.717) is 16.6 Å². The Morgan fingerprint density at radius 3 is 2.89 bits per heavy atom. The SMILES string of the molecule is CC(C)c1nnsc1-c1nnc2c(Cl)nccn12. The van der Waals surface area contributed by atoms with E-state index in [9.17, 15) is 0 Å². The summed E-state index contributed by atoms with van der Waals surface area (Å²) in [6.07, 6.45) is 3.39. The van der Waals surface area contributed by atoms with E-state index in [0.717, 1.165) is 10.6 Å². The van der Waals surface area contributed by atoms with Crippen molar-refractivity contribution in [3.05, 3.63) is 23.2 Å². The molecule has 0 radical (unpaired) electrons. The zero-order valence-electron chi connectivity index (χ0n) is 9.70. The molecule has 3 rings (SSSR count). The van der Waals surface area contributed by atoms with Crippen molar-refractivity contribution < 1.29 is 0 Å². The van der Waals surface area contributed by atoms with Crippen LogP contribution in [0.5, 0.6) is 0 Å². The van der Waals surface area contributed by atoms with Crippen molar-refractivity contribution in [1.29, 1.82) is 0 Å². The summed E-state index contributed by atoms with van der Waals surface area (Å²) in [5, 5.41) is 12.7. The lowest BCUT2D eigenvalue weighted by Gasteiger charge is -2.02. The third-order valence-corrected chi connectivity index (χ3v) is 3.55. The predicted octanol–water partition coefficient (Wildman–Crippen LogP) is 2.42. The number of rotatable bonds is 2. The van der Waals surface area contributed by atoms with Crippen LogP contribution in [-0.2, 0) is 0 Å². The van der Waals surface area contributed by atoms with Gasteiger partial charge >= 0.3 is 0 Å². The van der Waals surface area contributed by atoms with Crippen molar-refractivity contribution in [2.24, 2.45) is 0 Å². The van der Waals surface area contributed by atoms with Gasteiger partial charge in [-0.3, -0.25) is 4.40 Å². The van der Waals surface area contributed by atoms with E-state index in [2.05, 4.69) is 38.6 Å². The first-order valence-electron chi connectivity index (χ1n) is 5.36. The first kappa shape index (κ1) is 11.5. The van der Waals surface area contributed by atoms with Crippen LogP contribution in [0.25, 0.3) is 16.3 Å². The van der Waals surface area contributed by atoms with Crippen molar-refractivity contribution in [3.63, 3.8) is 0 Å². The second-order valence-electron chi connectivity index (χ2n) is 4.08. The molecule has 0 unspecified atom stereocenters. The summed E-state index contributed by atoms with van der Waals surface area (Å²) in [5.41, 5.74) is 1.46. The van der Waals surface area contributed by atoms with Crippen LogP contribution in [0, 0.1) is 0 Å². The van der Waals surface area contributed by atoms with Gasteiger partial charge in [-0.2, -0.15) is 0 Å². The zero-order chi connectivity index (χ0) is 12.7. The normalized spacial score (nSPS) is 11.6. The van der Waals surface area contributed by atoms with Crippen molar-refractivity contribution in [1.82, 2.24) is 29.2 Å². The lowest BCUT2D eigenvalue weighted by Crippen LogP contribution is -1.95. The fourth-order valence-corrected chi connectivity index (χ4v) is 2.67. The summed E-state index contributed by atoms with van der Waals surface area (Å²) in [6, 6.07) is 0. The maximum atomic E-state index is 5.97. The highest BCUT2D eigenvalue weighted by Crippen LogP contribution is 2.30. The number of halogens is 1. The highest BCUT2D eigenvalue weighted by Gasteiger charge is 2.19. The Balaban J connectivity index is 2.26. The summed E-state index contributed by atoms with van der Waals surface area (Å²) in [5.74, 6) is 0.983. The Morgan fingerprint density at radius 2 is 2.11 bits per heavy atom. The maximum Gasteiger partial charge on any atom is 0.198 e. The highest BCUT2D eigenvalue weighted by atomic mass is 35.5. The van der Waals surface area contributed by atoms with Gasteiger partial charge in [0.15, 0.2) is 16.6 Å². The van der Waals surface area contributed by atoms with Crippen LogP contribution in [0.15, 0.2) is 12.4 Å². The van der Waals surface area contributed by atoms with E-state index in [1.807, 2.05) is 0 Å². The predicted molar refractivity (Wildman–Crippen MR) is 68.8 cm³/mol. The first-order chi connectivity index (χ1) is 8.68. The molecule has 0 bridgehead atoms. The van der Waals surface area contributed by atoms with Crippen LogP contribution in [0.2, 0.25) is 5.15 Å². The van der Waals surface area contributed by atoms with E-state index >= 15 is 0 Å². The van der Waals surface area contributed by atoms with Gasteiger partial charge in [0, 0.05) is 12.4 Å². The number of hydrogen-bond donors (Lipinski definition) is 0. The molecule has 3 heterocycles. The highest BCUT2D eigenvalue weighted by molar-refractivity contribution is 7.09. The topological polar surface area (TPSA) is 68.9 Å². The van der Waals surface area contributed by atoms with Gasteiger partial charge in [-0.1, -0.05) is 29.9 Å². The average molecular weight is 281 g/mol. The molecule has 3 aromatic heterocycles. The standard InChI is InChI=1S/C10H9ClN6S/c1-5(2)6-7(18-16-13-6)9-14-15-10-8(11)12-3-4-17(9)10/h3-5H,1-2H3. The second kappa shape index (κ2) is 4.25. The summed E-state index contributed by atoms with van der Waals surface area (Å²) < 4.78 is 5.79. The molecule has 0 saturated heterocycles. The van der Waals surface area contributed by atoms with E-state index in [1.54, 1.807) is 16.8 Å². The molecule has 18 heavy (non-hydrogen) atoms. The fraction of sp³-hybridized carbons (Fsp3) is 0.300. The van der Waals surface area contributed by atoms with Crippen molar-refractivity contribution in [3.8, 4) is 10.7 Å². The lowest BCUT2D eigenvalue weighted by atomic mass is 10.1. The Morgan fingerprint density at radius 1 is 1.28 bits per heavy atom. The fourth-order valence-electron chi connectivity index (χ4n) is 1.68. The molecule has 0 atom stereocenters. The molecule has 0 spiro atoms. The van der Waals surface area contributed by atoms with Crippen LogP contribution >= 0.6 is 23.1 Å². The average Bonchev–Trinajstić information content (AvgIpc) is 2.94. The molecular formula is C10H9ClN6S. The molecule has 8 heteroatoms. The van der Waals surface area contributed by atoms with Crippen LogP contribution in [0.3, 0.4) is 0 Å². The molecule has 3 aromatic rings. The molecule has 92 valence electrons. The number of fused-ring (bicyclic) bond motifs is 1. The van der Waals surface area contributed by atoms with Gasteiger partial charge < -0.3 is 0 Å². The zero-order valence-corrected chi connectivity index (χ0v) is 11.3. The van der Waals surface area contributed by atoms with Gasteiger partial charge in [0.2, 0.25) is 0 Å². The Hall–Kier alpha value is -1.60. The molecule has 0 saturated carbocycles. The Kier molecular flexibility index (Phi) is 2.71. The van der Waals surface area contributed by atoms with Gasteiger partial charge in [0.1, 0.15) is 4.88 Å².